The predicted octanol–water partition coefficient (Wildman–Crippen LogP) is -3.92. The van der Waals surface area contributed by atoms with Crippen LogP contribution in [0.1, 0.15) is 32.6 Å². The third kappa shape index (κ3) is 12.2. The molecule has 0 rings (SSSR count). The van der Waals surface area contributed by atoms with Crippen LogP contribution in [-0.2, 0) is 24.0 Å². The van der Waals surface area contributed by atoms with E-state index in [1.165, 1.54) is 6.92 Å². The summed E-state index contributed by atoms with van der Waals surface area (Å²) in [6.45, 7) is 1.31. The molecular formula is C18H33N7O8S. The Balaban J connectivity index is 5.35. The maximum Gasteiger partial charge on any atom is 0.328 e. The number of carboxylic acids is 2. The predicted molar refractivity (Wildman–Crippen MR) is 124 cm³/mol. The maximum atomic E-state index is 12.8. The molecule has 5 unspecified atom stereocenters. The lowest BCUT2D eigenvalue weighted by atomic mass is 10.1. The Morgan fingerprint density at radius 2 is 1.50 bits per heavy atom. The van der Waals surface area contributed by atoms with Gasteiger partial charge < -0.3 is 48.5 Å². The van der Waals surface area contributed by atoms with E-state index < -0.39 is 59.9 Å². The summed E-state index contributed by atoms with van der Waals surface area (Å²) in [5, 5.41) is 34.2. The first-order chi connectivity index (χ1) is 15.8. The fourth-order valence-corrected chi connectivity index (χ4v) is 2.83. The smallest absolute Gasteiger partial charge is 0.328 e. The lowest BCUT2D eigenvalue weighted by Gasteiger charge is -2.25. The van der Waals surface area contributed by atoms with Crippen molar-refractivity contribution in [2.75, 3.05) is 12.3 Å². The Labute approximate surface area is 201 Å². The van der Waals surface area contributed by atoms with E-state index in [2.05, 4.69) is 33.6 Å². The summed E-state index contributed by atoms with van der Waals surface area (Å²) in [5.74, 6) is -5.52. The van der Waals surface area contributed by atoms with Gasteiger partial charge >= 0.3 is 11.9 Å². The molecule has 0 bridgehead atoms. The van der Waals surface area contributed by atoms with Crippen LogP contribution in [0.4, 0.5) is 0 Å². The van der Waals surface area contributed by atoms with E-state index in [-0.39, 0.29) is 43.9 Å². The van der Waals surface area contributed by atoms with E-state index in [1.807, 2.05) is 0 Å². The molecule has 3 amide bonds. The molecule has 0 fully saturated rings. The highest BCUT2D eigenvalue weighted by molar-refractivity contribution is 7.80. The zero-order valence-electron chi connectivity index (χ0n) is 18.6. The standard InChI is InChI=1S/C18H33N7O8S/c1-8(26)13(17(32)33)25-16(31)11(7-34)24-15(30)10(3-2-6-22-18(20)21)23-14(29)9(19)4-5-12(27)28/h8-11,13,26,34H,2-7,19H2,1H3,(H,23,29)(H,24,30)(H,25,31)(H,27,28)(H,32,33)(H4,20,21,22). The van der Waals surface area contributed by atoms with E-state index in [0.717, 1.165) is 0 Å². The molecule has 0 saturated heterocycles. The fourth-order valence-electron chi connectivity index (χ4n) is 2.57. The second kappa shape index (κ2) is 15.7. The van der Waals surface area contributed by atoms with Crippen molar-refractivity contribution in [3.63, 3.8) is 0 Å². The van der Waals surface area contributed by atoms with Gasteiger partial charge in [-0.1, -0.05) is 0 Å². The van der Waals surface area contributed by atoms with Crippen LogP contribution < -0.4 is 33.2 Å². The molecule has 15 nitrogen and oxygen atoms in total. The molecular weight excluding hydrogens is 474 g/mol. The first kappa shape index (κ1) is 30.9. The minimum absolute atomic E-state index is 0.0341. The summed E-state index contributed by atoms with van der Waals surface area (Å²) in [6, 6.07) is -5.31. The lowest BCUT2D eigenvalue weighted by Crippen LogP contribution is -2.58. The van der Waals surface area contributed by atoms with Gasteiger partial charge in [-0.2, -0.15) is 12.6 Å². The van der Waals surface area contributed by atoms with Crippen molar-refractivity contribution in [3.8, 4) is 0 Å². The summed E-state index contributed by atoms with van der Waals surface area (Å²) >= 11 is 3.99. The van der Waals surface area contributed by atoms with Crippen molar-refractivity contribution in [3.05, 3.63) is 0 Å². The van der Waals surface area contributed by atoms with Crippen LogP contribution in [0, 0.1) is 0 Å². The number of aliphatic hydroxyl groups is 1. The summed E-state index contributed by atoms with van der Waals surface area (Å²) in [4.78, 5) is 63.2. The first-order valence-corrected chi connectivity index (χ1v) is 10.9. The third-order valence-electron chi connectivity index (χ3n) is 4.45. The third-order valence-corrected chi connectivity index (χ3v) is 4.81. The number of rotatable bonds is 16. The Bertz CT molecular complexity index is 761. The number of aliphatic hydroxyl groups excluding tert-OH is 1. The zero-order chi connectivity index (χ0) is 26.4. The molecule has 0 aromatic heterocycles. The topological polar surface area (TPSA) is 273 Å². The van der Waals surface area contributed by atoms with Gasteiger partial charge in [0, 0.05) is 18.7 Å². The minimum atomic E-state index is -1.62. The van der Waals surface area contributed by atoms with Crippen LogP contribution in [0.3, 0.4) is 0 Å². The highest BCUT2D eigenvalue weighted by Gasteiger charge is 2.31. The number of carbonyl (C=O) groups is 5. The molecule has 0 aromatic rings. The average molecular weight is 508 g/mol. The average Bonchev–Trinajstić information content (AvgIpc) is 2.74. The number of nitrogens with zero attached hydrogens (tertiary/aromatic N) is 1. The van der Waals surface area contributed by atoms with Crippen molar-refractivity contribution in [2.45, 2.75) is 62.9 Å². The Morgan fingerprint density at radius 1 is 0.941 bits per heavy atom. The number of hydrogen-bond donors (Lipinski definition) is 10. The van der Waals surface area contributed by atoms with Crippen LogP contribution in [0.5, 0.6) is 0 Å². The number of nitrogens with two attached hydrogens (primary N) is 3. The number of amides is 3. The van der Waals surface area contributed by atoms with Crippen LogP contribution in [0.15, 0.2) is 4.99 Å². The number of aliphatic imine (C=N–C) groups is 1. The summed E-state index contributed by atoms with van der Waals surface area (Å²) in [6.07, 6.45) is -1.64. The SMILES string of the molecule is CC(O)C(NC(=O)C(CS)NC(=O)C(CCCN=C(N)N)NC(=O)C(N)CCC(=O)O)C(=O)O. The Morgan fingerprint density at radius 3 is 1.97 bits per heavy atom. The van der Waals surface area contributed by atoms with Gasteiger partial charge in [-0.15, -0.1) is 0 Å². The molecule has 0 spiro atoms. The quantitative estimate of drug-likeness (QED) is 0.0417. The molecule has 0 radical (unpaired) electrons. The van der Waals surface area contributed by atoms with E-state index in [9.17, 15) is 29.1 Å². The number of nitrogens with one attached hydrogen (secondary N) is 3. The summed E-state index contributed by atoms with van der Waals surface area (Å²) < 4.78 is 0. The summed E-state index contributed by atoms with van der Waals surface area (Å²) in [7, 11) is 0. The maximum absolute atomic E-state index is 12.8. The van der Waals surface area contributed by atoms with Crippen LogP contribution >= 0.6 is 12.6 Å². The van der Waals surface area contributed by atoms with Gasteiger partial charge in [0.2, 0.25) is 17.7 Å². The largest absolute Gasteiger partial charge is 0.481 e. The van der Waals surface area contributed by atoms with Gasteiger partial charge in [0.05, 0.1) is 12.1 Å². The monoisotopic (exact) mass is 507 g/mol. The van der Waals surface area contributed by atoms with E-state index in [1.54, 1.807) is 0 Å². The van der Waals surface area contributed by atoms with Crippen molar-refractivity contribution < 1.29 is 39.3 Å². The summed E-state index contributed by atoms with van der Waals surface area (Å²) in [5.41, 5.74) is 16.2. The van der Waals surface area contributed by atoms with Gasteiger partial charge in [-0.25, -0.2) is 4.79 Å². The second-order valence-electron chi connectivity index (χ2n) is 7.36. The molecule has 0 aliphatic heterocycles. The molecule has 0 aliphatic rings. The zero-order valence-corrected chi connectivity index (χ0v) is 19.5. The lowest BCUT2D eigenvalue weighted by molar-refractivity contribution is -0.145. The van der Waals surface area contributed by atoms with Crippen molar-refractivity contribution >= 4 is 48.2 Å². The number of carboxylic acid groups (broad SMARTS) is 2. The molecule has 12 N–H and O–H groups in total. The van der Waals surface area contributed by atoms with Crippen molar-refractivity contribution in [1.29, 1.82) is 0 Å². The normalized spacial score (nSPS) is 15.1. The number of carbonyl (C=O) groups excluding carboxylic acids is 3. The fraction of sp³-hybridized carbons (Fsp3) is 0.667. The molecule has 16 heteroatoms. The van der Waals surface area contributed by atoms with Crippen molar-refractivity contribution in [1.82, 2.24) is 16.0 Å². The van der Waals surface area contributed by atoms with Crippen molar-refractivity contribution in [2.24, 2.45) is 22.2 Å². The Hall–Kier alpha value is -3.11. The van der Waals surface area contributed by atoms with E-state index in [0.29, 0.717) is 0 Å². The van der Waals surface area contributed by atoms with E-state index >= 15 is 0 Å². The molecule has 194 valence electrons. The van der Waals surface area contributed by atoms with Crippen LogP contribution in [-0.4, -0.2) is 93.5 Å². The van der Waals surface area contributed by atoms with Gasteiger partial charge in [0.1, 0.15) is 12.1 Å². The molecule has 0 heterocycles. The number of guanidine groups is 1. The van der Waals surface area contributed by atoms with E-state index in [4.69, 9.17) is 27.4 Å². The van der Waals surface area contributed by atoms with Crippen LogP contribution in [0.25, 0.3) is 0 Å². The van der Waals surface area contributed by atoms with Gasteiger partial charge in [0.15, 0.2) is 12.0 Å². The molecule has 34 heavy (non-hydrogen) atoms. The number of aliphatic carboxylic acids is 2. The molecule has 5 atom stereocenters. The highest BCUT2D eigenvalue weighted by Crippen LogP contribution is 2.04. The minimum Gasteiger partial charge on any atom is -0.481 e. The number of hydrogen-bond acceptors (Lipinski definition) is 9. The molecule has 0 saturated carbocycles. The molecule has 0 aromatic carbocycles. The highest BCUT2D eigenvalue weighted by atomic mass is 32.1. The van der Waals surface area contributed by atoms with Gasteiger partial charge in [-0.3, -0.25) is 24.2 Å². The second-order valence-corrected chi connectivity index (χ2v) is 7.72. The number of thiol groups is 1. The molecule has 0 aliphatic carbocycles. The Kier molecular flexibility index (Phi) is 14.2. The van der Waals surface area contributed by atoms with Gasteiger partial charge in [-0.05, 0) is 26.2 Å². The first-order valence-electron chi connectivity index (χ1n) is 10.3. The van der Waals surface area contributed by atoms with Gasteiger partial charge in [0.25, 0.3) is 0 Å². The van der Waals surface area contributed by atoms with Crippen LogP contribution in [0.2, 0.25) is 0 Å².